The van der Waals surface area contributed by atoms with Crippen LogP contribution in [0.4, 0.5) is 0 Å². The molecule has 1 amide bonds. The number of piperidine rings is 1. The van der Waals surface area contributed by atoms with Gasteiger partial charge in [0, 0.05) is 24.0 Å². The van der Waals surface area contributed by atoms with Crippen molar-refractivity contribution in [3.63, 3.8) is 0 Å². The molecule has 1 atom stereocenters. The summed E-state index contributed by atoms with van der Waals surface area (Å²) < 4.78 is 2.14. The average Bonchev–Trinajstić information content (AvgIpc) is 3.34. The zero-order chi connectivity index (χ0) is 19.3. The molecule has 4 nitrogen and oxygen atoms in total. The SMILES string of the molecule is C[C@@H]1CCCN(CCCNC(=O)Cn2c(-c3cccs3)cc3ccccc32)C1. The molecule has 1 aliphatic heterocycles. The lowest BCUT2D eigenvalue weighted by atomic mass is 10.0. The van der Waals surface area contributed by atoms with Crippen molar-refractivity contribution >= 4 is 28.1 Å². The summed E-state index contributed by atoms with van der Waals surface area (Å²) in [6, 6.07) is 14.7. The number of para-hydroxylation sites is 1. The molecule has 148 valence electrons. The van der Waals surface area contributed by atoms with Crippen molar-refractivity contribution in [2.45, 2.75) is 32.7 Å². The molecule has 0 unspecified atom stereocenters. The van der Waals surface area contributed by atoms with Gasteiger partial charge in [-0.2, -0.15) is 0 Å². The van der Waals surface area contributed by atoms with E-state index in [4.69, 9.17) is 0 Å². The number of fused-ring (bicyclic) bond motifs is 1. The van der Waals surface area contributed by atoms with Gasteiger partial charge in [0.1, 0.15) is 6.54 Å². The zero-order valence-corrected chi connectivity index (χ0v) is 17.4. The maximum Gasteiger partial charge on any atom is 0.239 e. The van der Waals surface area contributed by atoms with E-state index in [9.17, 15) is 4.79 Å². The van der Waals surface area contributed by atoms with E-state index in [0.29, 0.717) is 6.54 Å². The summed E-state index contributed by atoms with van der Waals surface area (Å²) in [5, 5.41) is 6.39. The van der Waals surface area contributed by atoms with Gasteiger partial charge in [0.15, 0.2) is 0 Å². The molecule has 0 spiro atoms. The van der Waals surface area contributed by atoms with Crippen molar-refractivity contribution in [2.24, 2.45) is 5.92 Å². The van der Waals surface area contributed by atoms with Crippen molar-refractivity contribution in [3.8, 4) is 10.6 Å². The molecule has 1 fully saturated rings. The molecule has 2 aromatic heterocycles. The van der Waals surface area contributed by atoms with Crippen LogP contribution in [-0.4, -0.2) is 41.6 Å². The first kappa shape index (κ1) is 19.2. The van der Waals surface area contributed by atoms with Crippen molar-refractivity contribution < 1.29 is 4.79 Å². The molecule has 1 N–H and O–H groups in total. The van der Waals surface area contributed by atoms with Crippen LogP contribution >= 0.6 is 11.3 Å². The second kappa shape index (κ2) is 8.93. The second-order valence-electron chi connectivity index (χ2n) is 7.90. The van der Waals surface area contributed by atoms with E-state index in [0.717, 1.165) is 36.6 Å². The molecule has 28 heavy (non-hydrogen) atoms. The summed E-state index contributed by atoms with van der Waals surface area (Å²) in [7, 11) is 0. The predicted molar refractivity (Wildman–Crippen MR) is 118 cm³/mol. The molecular formula is C23H29N3OS. The molecule has 1 aliphatic rings. The Hall–Kier alpha value is -2.11. The number of amides is 1. The molecule has 5 heteroatoms. The number of likely N-dealkylation sites (tertiary alicyclic amines) is 1. The number of benzene rings is 1. The molecule has 4 rings (SSSR count). The second-order valence-corrected chi connectivity index (χ2v) is 8.85. The van der Waals surface area contributed by atoms with Gasteiger partial charge >= 0.3 is 0 Å². The van der Waals surface area contributed by atoms with Crippen molar-refractivity contribution in [1.29, 1.82) is 0 Å². The third kappa shape index (κ3) is 4.47. The highest BCUT2D eigenvalue weighted by Gasteiger charge is 2.16. The fourth-order valence-corrected chi connectivity index (χ4v) is 4.98. The lowest BCUT2D eigenvalue weighted by molar-refractivity contribution is -0.121. The fraction of sp³-hybridized carbons (Fsp3) is 0.435. The number of aromatic nitrogens is 1. The summed E-state index contributed by atoms with van der Waals surface area (Å²) in [6.45, 7) is 6.93. The molecule has 1 aromatic carbocycles. The van der Waals surface area contributed by atoms with Gasteiger partial charge in [-0.1, -0.05) is 31.2 Å². The van der Waals surface area contributed by atoms with Gasteiger partial charge < -0.3 is 14.8 Å². The number of rotatable bonds is 7. The van der Waals surface area contributed by atoms with Gasteiger partial charge in [0.25, 0.3) is 0 Å². The normalized spacial score (nSPS) is 17.8. The van der Waals surface area contributed by atoms with E-state index in [2.05, 4.69) is 57.4 Å². The number of nitrogens with one attached hydrogen (secondary N) is 1. The molecule has 0 radical (unpaired) electrons. The average molecular weight is 396 g/mol. The van der Waals surface area contributed by atoms with Gasteiger partial charge in [-0.3, -0.25) is 4.79 Å². The zero-order valence-electron chi connectivity index (χ0n) is 16.6. The summed E-state index contributed by atoms with van der Waals surface area (Å²) in [5.74, 6) is 0.896. The van der Waals surface area contributed by atoms with E-state index in [-0.39, 0.29) is 5.91 Å². The minimum Gasteiger partial charge on any atom is -0.355 e. The van der Waals surface area contributed by atoms with Crippen molar-refractivity contribution in [2.75, 3.05) is 26.2 Å². The van der Waals surface area contributed by atoms with E-state index >= 15 is 0 Å². The first-order chi connectivity index (χ1) is 13.7. The highest BCUT2D eigenvalue weighted by Crippen LogP contribution is 2.31. The quantitative estimate of drug-likeness (QED) is 0.593. The Morgan fingerprint density at radius 3 is 2.96 bits per heavy atom. The highest BCUT2D eigenvalue weighted by molar-refractivity contribution is 7.13. The van der Waals surface area contributed by atoms with Crippen LogP contribution in [0.2, 0.25) is 0 Å². The van der Waals surface area contributed by atoms with Gasteiger partial charge in [-0.05, 0) is 61.8 Å². The number of hydrogen-bond acceptors (Lipinski definition) is 3. The number of hydrogen-bond donors (Lipinski definition) is 1. The first-order valence-corrected chi connectivity index (χ1v) is 11.2. The molecular weight excluding hydrogens is 366 g/mol. The van der Waals surface area contributed by atoms with E-state index in [1.807, 2.05) is 12.1 Å². The standard InChI is InChI=1S/C23H29N3OS/c1-18-7-4-12-25(16-18)13-6-11-24-23(27)17-26-20-9-3-2-8-19(20)15-21(26)22-10-5-14-28-22/h2-3,5,8-10,14-15,18H,4,6-7,11-13,16-17H2,1H3,(H,24,27)/t18-/m1/s1. The third-order valence-corrected chi connectivity index (χ3v) is 6.49. The third-order valence-electron chi connectivity index (χ3n) is 5.60. The van der Waals surface area contributed by atoms with Gasteiger partial charge in [-0.15, -0.1) is 11.3 Å². The Balaban J connectivity index is 1.36. The monoisotopic (exact) mass is 395 g/mol. The maximum absolute atomic E-state index is 12.6. The van der Waals surface area contributed by atoms with Crippen LogP contribution in [0.5, 0.6) is 0 Å². The summed E-state index contributed by atoms with van der Waals surface area (Å²) >= 11 is 1.71. The van der Waals surface area contributed by atoms with Crippen LogP contribution in [0.3, 0.4) is 0 Å². The van der Waals surface area contributed by atoms with E-state index in [1.165, 1.54) is 36.2 Å². The van der Waals surface area contributed by atoms with E-state index in [1.54, 1.807) is 11.3 Å². The Kier molecular flexibility index (Phi) is 6.13. The molecule has 3 heterocycles. The van der Waals surface area contributed by atoms with Crippen LogP contribution in [0, 0.1) is 5.92 Å². The van der Waals surface area contributed by atoms with Gasteiger partial charge in [0.2, 0.25) is 5.91 Å². The molecule has 0 saturated carbocycles. The van der Waals surface area contributed by atoms with Crippen LogP contribution in [0.15, 0.2) is 47.8 Å². The maximum atomic E-state index is 12.6. The smallest absolute Gasteiger partial charge is 0.239 e. The van der Waals surface area contributed by atoms with Crippen LogP contribution < -0.4 is 5.32 Å². The number of carbonyl (C=O) groups is 1. The molecule has 0 bridgehead atoms. The van der Waals surface area contributed by atoms with Crippen LogP contribution in [-0.2, 0) is 11.3 Å². The largest absolute Gasteiger partial charge is 0.355 e. The van der Waals surface area contributed by atoms with Crippen LogP contribution in [0.25, 0.3) is 21.5 Å². The minimum atomic E-state index is 0.0890. The fourth-order valence-electron chi connectivity index (χ4n) is 4.23. The lowest BCUT2D eigenvalue weighted by Crippen LogP contribution is -2.37. The summed E-state index contributed by atoms with van der Waals surface area (Å²) in [6.07, 6.45) is 3.67. The Bertz CT molecular complexity index is 915. The predicted octanol–water partition coefficient (Wildman–Crippen LogP) is 4.61. The summed E-state index contributed by atoms with van der Waals surface area (Å²) in [5.41, 5.74) is 2.23. The van der Waals surface area contributed by atoms with Gasteiger partial charge in [0.05, 0.1) is 10.6 Å². The Morgan fingerprint density at radius 2 is 2.14 bits per heavy atom. The highest BCUT2D eigenvalue weighted by atomic mass is 32.1. The van der Waals surface area contributed by atoms with Crippen LogP contribution in [0.1, 0.15) is 26.2 Å². The van der Waals surface area contributed by atoms with Crippen molar-refractivity contribution in [1.82, 2.24) is 14.8 Å². The number of thiophene rings is 1. The summed E-state index contributed by atoms with van der Waals surface area (Å²) in [4.78, 5) is 16.4. The molecule has 3 aromatic rings. The molecule has 1 saturated heterocycles. The topological polar surface area (TPSA) is 37.3 Å². The Morgan fingerprint density at radius 1 is 1.25 bits per heavy atom. The molecule has 0 aliphatic carbocycles. The van der Waals surface area contributed by atoms with E-state index < -0.39 is 0 Å². The minimum absolute atomic E-state index is 0.0890. The van der Waals surface area contributed by atoms with Gasteiger partial charge in [-0.25, -0.2) is 0 Å². The number of carbonyl (C=O) groups excluding carboxylic acids is 1. The van der Waals surface area contributed by atoms with Crippen molar-refractivity contribution in [3.05, 3.63) is 47.8 Å². The first-order valence-electron chi connectivity index (χ1n) is 10.3. The number of nitrogens with zero attached hydrogens (tertiary/aromatic N) is 2. The Labute approximate surface area is 171 Å². The lowest BCUT2D eigenvalue weighted by Gasteiger charge is -2.30.